The molecule has 0 aromatic heterocycles. The molecule has 0 aliphatic carbocycles. The SMILES string of the molecule is CCCCCCCCCCCCCCCCCCCCC(O)C(CO)NC(=O)CC(O)CCCCCCCCCCCCCCCC. The number of amides is 1. The van der Waals surface area contributed by atoms with Gasteiger partial charge in [0.1, 0.15) is 0 Å². The molecule has 0 spiro atoms. The van der Waals surface area contributed by atoms with Gasteiger partial charge in [-0.2, -0.15) is 0 Å². The predicted octanol–water partition coefficient (Wildman–Crippen LogP) is 11.9. The Hall–Kier alpha value is -0.650. The summed E-state index contributed by atoms with van der Waals surface area (Å²) in [6.45, 7) is 4.27. The monoisotopic (exact) mass is 668 g/mol. The zero-order chi connectivity index (χ0) is 34.5. The Morgan fingerprint density at radius 2 is 0.723 bits per heavy atom. The van der Waals surface area contributed by atoms with E-state index in [1.54, 1.807) is 0 Å². The fourth-order valence-electron chi connectivity index (χ4n) is 6.88. The lowest BCUT2D eigenvalue weighted by Crippen LogP contribution is -2.46. The lowest BCUT2D eigenvalue weighted by molar-refractivity contribution is -0.125. The minimum atomic E-state index is -0.743. The number of carbonyl (C=O) groups is 1. The third-order valence-electron chi connectivity index (χ3n) is 10.2. The number of aliphatic hydroxyl groups is 3. The predicted molar refractivity (Wildman–Crippen MR) is 204 cm³/mol. The molecular formula is C42H85NO4. The molecule has 0 aliphatic heterocycles. The first-order valence-corrected chi connectivity index (χ1v) is 21.3. The number of rotatable bonds is 39. The van der Waals surface area contributed by atoms with Crippen molar-refractivity contribution in [2.24, 2.45) is 0 Å². The fraction of sp³-hybridized carbons (Fsp3) is 0.976. The quantitative estimate of drug-likeness (QED) is 0.0491. The van der Waals surface area contributed by atoms with Gasteiger partial charge in [-0.15, -0.1) is 0 Å². The molecule has 0 saturated carbocycles. The van der Waals surface area contributed by atoms with Gasteiger partial charge in [0.25, 0.3) is 0 Å². The van der Waals surface area contributed by atoms with Gasteiger partial charge in [0.05, 0.1) is 31.3 Å². The van der Waals surface area contributed by atoms with Crippen molar-refractivity contribution in [3.05, 3.63) is 0 Å². The Morgan fingerprint density at radius 3 is 1.02 bits per heavy atom. The van der Waals surface area contributed by atoms with Crippen LogP contribution >= 0.6 is 0 Å². The molecule has 0 heterocycles. The van der Waals surface area contributed by atoms with Crippen LogP contribution in [0.3, 0.4) is 0 Å². The average molecular weight is 668 g/mol. The largest absolute Gasteiger partial charge is 0.394 e. The normalized spacial score (nSPS) is 13.6. The van der Waals surface area contributed by atoms with Crippen molar-refractivity contribution in [3.63, 3.8) is 0 Å². The maximum atomic E-state index is 12.4. The van der Waals surface area contributed by atoms with Crippen LogP contribution in [0.5, 0.6) is 0 Å². The molecule has 0 bridgehead atoms. The highest BCUT2D eigenvalue weighted by Crippen LogP contribution is 2.17. The van der Waals surface area contributed by atoms with Crippen LogP contribution in [0.4, 0.5) is 0 Å². The second-order valence-electron chi connectivity index (χ2n) is 15.0. The number of unbranched alkanes of at least 4 members (excludes halogenated alkanes) is 30. The lowest BCUT2D eigenvalue weighted by atomic mass is 10.0. The molecule has 4 N–H and O–H groups in total. The van der Waals surface area contributed by atoms with Crippen molar-refractivity contribution in [3.8, 4) is 0 Å². The van der Waals surface area contributed by atoms with Gasteiger partial charge >= 0.3 is 0 Å². The van der Waals surface area contributed by atoms with Gasteiger partial charge < -0.3 is 20.6 Å². The summed E-state index contributed by atoms with van der Waals surface area (Å²) >= 11 is 0. The van der Waals surface area contributed by atoms with Gasteiger partial charge in [0.15, 0.2) is 0 Å². The first-order valence-electron chi connectivity index (χ1n) is 21.3. The van der Waals surface area contributed by atoms with E-state index in [-0.39, 0.29) is 18.9 Å². The van der Waals surface area contributed by atoms with E-state index in [9.17, 15) is 20.1 Å². The van der Waals surface area contributed by atoms with Crippen LogP contribution in [0.25, 0.3) is 0 Å². The highest BCUT2D eigenvalue weighted by molar-refractivity contribution is 5.76. The number of carbonyl (C=O) groups excluding carboxylic acids is 1. The molecule has 0 fully saturated rings. The molecule has 0 aromatic rings. The summed E-state index contributed by atoms with van der Waals surface area (Å²) in [5, 5.41) is 33.4. The summed E-state index contributed by atoms with van der Waals surface area (Å²) in [7, 11) is 0. The Kier molecular flexibility index (Phi) is 37.6. The first-order chi connectivity index (χ1) is 23.0. The van der Waals surface area contributed by atoms with Crippen LogP contribution in [0.15, 0.2) is 0 Å². The zero-order valence-electron chi connectivity index (χ0n) is 31.9. The van der Waals surface area contributed by atoms with E-state index in [1.165, 1.54) is 180 Å². The molecule has 0 aromatic carbocycles. The Labute approximate surface area is 294 Å². The summed E-state index contributed by atoms with van der Waals surface area (Å²) in [6, 6.07) is -0.651. The summed E-state index contributed by atoms with van der Waals surface area (Å²) in [6.07, 6.45) is 42.0. The van der Waals surface area contributed by atoms with Crippen molar-refractivity contribution in [2.45, 2.75) is 257 Å². The molecule has 0 rings (SSSR count). The molecule has 0 radical (unpaired) electrons. The van der Waals surface area contributed by atoms with Crippen molar-refractivity contribution < 1.29 is 20.1 Å². The van der Waals surface area contributed by atoms with E-state index in [4.69, 9.17) is 0 Å². The van der Waals surface area contributed by atoms with Crippen LogP contribution in [-0.4, -0.2) is 46.1 Å². The van der Waals surface area contributed by atoms with Crippen LogP contribution in [0.1, 0.15) is 239 Å². The highest BCUT2D eigenvalue weighted by Gasteiger charge is 2.21. The van der Waals surface area contributed by atoms with Crippen molar-refractivity contribution in [1.82, 2.24) is 5.32 Å². The molecular weight excluding hydrogens is 582 g/mol. The van der Waals surface area contributed by atoms with Gasteiger partial charge in [-0.05, 0) is 12.8 Å². The van der Waals surface area contributed by atoms with Gasteiger partial charge in [0, 0.05) is 0 Å². The highest BCUT2D eigenvalue weighted by atomic mass is 16.3. The third-order valence-corrected chi connectivity index (χ3v) is 10.2. The number of hydrogen-bond acceptors (Lipinski definition) is 4. The van der Waals surface area contributed by atoms with Crippen molar-refractivity contribution >= 4 is 5.91 Å². The van der Waals surface area contributed by atoms with E-state index in [0.29, 0.717) is 12.8 Å². The van der Waals surface area contributed by atoms with E-state index >= 15 is 0 Å². The van der Waals surface area contributed by atoms with E-state index < -0.39 is 18.2 Å². The molecule has 5 heteroatoms. The van der Waals surface area contributed by atoms with Crippen molar-refractivity contribution in [2.75, 3.05) is 6.61 Å². The molecule has 0 saturated heterocycles. The molecule has 1 amide bonds. The number of aliphatic hydroxyl groups excluding tert-OH is 3. The fourth-order valence-corrected chi connectivity index (χ4v) is 6.88. The van der Waals surface area contributed by atoms with Gasteiger partial charge in [-0.3, -0.25) is 4.79 Å². The van der Waals surface area contributed by atoms with E-state index in [2.05, 4.69) is 19.2 Å². The summed E-state index contributed by atoms with van der Waals surface area (Å²) in [5.41, 5.74) is 0. The molecule has 47 heavy (non-hydrogen) atoms. The average Bonchev–Trinajstić information content (AvgIpc) is 3.06. The smallest absolute Gasteiger partial charge is 0.222 e. The second kappa shape index (κ2) is 38.2. The lowest BCUT2D eigenvalue weighted by Gasteiger charge is -2.23. The number of nitrogens with one attached hydrogen (secondary N) is 1. The summed E-state index contributed by atoms with van der Waals surface area (Å²) < 4.78 is 0. The molecule has 3 unspecified atom stereocenters. The van der Waals surface area contributed by atoms with Crippen molar-refractivity contribution in [1.29, 1.82) is 0 Å². The minimum Gasteiger partial charge on any atom is -0.394 e. The maximum absolute atomic E-state index is 12.4. The Balaban J connectivity index is 3.59. The Bertz CT molecular complexity index is 615. The zero-order valence-corrected chi connectivity index (χ0v) is 31.9. The minimum absolute atomic E-state index is 0.0425. The molecule has 282 valence electrons. The third kappa shape index (κ3) is 35.0. The van der Waals surface area contributed by atoms with E-state index in [1.807, 2.05) is 0 Å². The van der Waals surface area contributed by atoms with Gasteiger partial charge in [0.2, 0.25) is 5.91 Å². The first kappa shape index (κ1) is 46.4. The van der Waals surface area contributed by atoms with E-state index in [0.717, 1.165) is 25.7 Å². The maximum Gasteiger partial charge on any atom is 0.222 e. The van der Waals surface area contributed by atoms with Crippen LogP contribution in [-0.2, 0) is 4.79 Å². The number of hydrogen-bond donors (Lipinski definition) is 4. The summed E-state index contributed by atoms with van der Waals surface area (Å²) in [5.74, 6) is -0.279. The topological polar surface area (TPSA) is 89.8 Å². The standard InChI is InChI=1S/C42H85NO4/c1-3-5-7-9-11-13-15-17-19-20-21-22-24-26-28-30-32-34-36-41(46)40(38-44)43-42(47)37-39(45)35-33-31-29-27-25-23-18-16-14-12-10-8-6-4-2/h39-41,44-46H,3-38H2,1-2H3,(H,43,47). The van der Waals surface area contributed by atoms with Gasteiger partial charge in [-0.25, -0.2) is 0 Å². The van der Waals surface area contributed by atoms with Crippen LogP contribution < -0.4 is 5.32 Å². The van der Waals surface area contributed by atoms with Gasteiger partial charge in [-0.1, -0.05) is 219 Å². The molecule has 0 aliphatic rings. The summed E-state index contributed by atoms with van der Waals surface area (Å²) in [4.78, 5) is 12.4. The second-order valence-corrected chi connectivity index (χ2v) is 15.0. The van der Waals surface area contributed by atoms with Crippen LogP contribution in [0.2, 0.25) is 0 Å². The van der Waals surface area contributed by atoms with Crippen LogP contribution in [0, 0.1) is 0 Å². The molecule has 3 atom stereocenters. The molecule has 5 nitrogen and oxygen atoms in total. The Morgan fingerprint density at radius 1 is 0.447 bits per heavy atom.